The molecular weight excluding hydrogens is 236 g/mol. The molecule has 1 fully saturated rings. The smallest absolute Gasteiger partial charge is 0.320 e. The van der Waals surface area contributed by atoms with Crippen molar-refractivity contribution < 1.29 is 19.8 Å². The van der Waals surface area contributed by atoms with Crippen molar-refractivity contribution in [3.63, 3.8) is 0 Å². The molecule has 1 unspecified atom stereocenters. The van der Waals surface area contributed by atoms with Crippen LogP contribution in [0.15, 0.2) is 0 Å². The van der Waals surface area contributed by atoms with Crippen LogP contribution >= 0.6 is 0 Å². The highest BCUT2D eigenvalue weighted by atomic mass is 16.4. The third kappa shape index (κ3) is 3.60. The van der Waals surface area contributed by atoms with Crippen molar-refractivity contribution in [2.24, 2.45) is 0 Å². The number of carbonyl (C=O) groups is 2. The van der Waals surface area contributed by atoms with Crippen molar-refractivity contribution in [1.29, 1.82) is 0 Å². The Morgan fingerprint density at radius 3 is 2.61 bits per heavy atom. The first-order valence-electron chi connectivity index (χ1n) is 6.37. The maximum atomic E-state index is 12.3. The molecule has 6 nitrogen and oxygen atoms in total. The predicted molar refractivity (Wildman–Crippen MR) is 66.3 cm³/mol. The van der Waals surface area contributed by atoms with Gasteiger partial charge in [0.15, 0.2) is 0 Å². The van der Waals surface area contributed by atoms with E-state index in [4.69, 9.17) is 5.11 Å². The number of carbonyl (C=O) groups excluding carboxylic acids is 1. The Balaban J connectivity index is 2.66. The van der Waals surface area contributed by atoms with Crippen LogP contribution in [-0.4, -0.2) is 63.8 Å². The summed E-state index contributed by atoms with van der Waals surface area (Å²) in [7, 11) is 0. The van der Waals surface area contributed by atoms with Gasteiger partial charge in [0.1, 0.15) is 0 Å². The Hall–Kier alpha value is -1.30. The van der Waals surface area contributed by atoms with Gasteiger partial charge in [0.25, 0.3) is 0 Å². The van der Waals surface area contributed by atoms with Gasteiger partial charge in [0, 0.05) is 19.1 Å². The first-order chi connectivity index (χ1) is 8.47. The van der Waals surface area contributed by atoms with Gasteiger partial charge >= 0.3 is 12.0 Å². The van der Waals surface area contributed by atoms with Crippen molar-refractivity contribution in [3.8, 4) is 0 Å². The summed E-state index contributed by atoms with van der Waals surface area (Å²) in [6.45, 7) is 4.55. The molecule has 2 N–H and O–H groups in total. The third-order valence-corrected chi connectivity index (χ3v) is 3.27. The lowest BCUT2D eigenvalue weighted by molar-refractivity contribution is -0.137. The molecule has 1 rings (SSSR count). The van der Waals surface area contributed by atoms with Gasteiger partial charge in [-0.1, -0.05) is 0 Å². The number of hydrogen-bond acceptors (Lipinski definition) is 3. The third-order valence-electron chi connectivity index (χ3n) is 3.27. The fourth-order valence-electron chi connectivity index (χ4n) is 2.23. The van der Waals surface area contributed by atoms with Crippen LogP contribution in [0.3, 0.4) is 0 Å². The number of carboxylic acids is 1. The molecule has 0 saturated carbocycles. The van der Waals surface area contributed by atoms with Crippen LogP contribution in [0.1, 0.15) is 33.1 Å². The van der Waals surface area contributed by atoms with E-state index in [-0.39, 0.29) is 37.7 Å². The Kier molecular flexibility index (Phi) is 5.40. The molecule has 0 aliphatic carbocycles. The van der Waals surface area contributed by atoms with Gasteiger partial charge in [-0.3, -0.25) is 4.79 Å². The van der Waals surface area contributed by atoms with Crippen LogP contribution < -0.4 is 0 Å². The topological polar surface area (TPSA) is 81.1 Å². The second-order valence-electron chi connectivity index (χ2n) is 4.89. The van der Waals surface area contributed by atoms with E-state index in [0.29, 0.717) is 6.54 Å². The maximum Gasteiger partial charge on any atom is 0.320 e. The Labute approximate surface area is 107 Å². The average Bonchev–Trinajstić information content (AvgIpc) is 2.75. The number of rotatable bonds is 5. The molecule has 0 spiro atoms. The molecule has 2 amide bonds. The second kappa shape index (κ2) is 6.58. The Morgan fingerprint density at radius 1 is 1.44 bits per heavy atom. The predicted octanol–water partition coefficient (Wildman–Crippen LogP) is 0.748. The largest absolute Gasteiger partial charge is 0.481 e. The molecule has 0 radical (unpaired) electrons. The van der Waals surface area contributed by atoms with Gasteiger partial charge in [0.05, 0.1) is 19.1 Å². The molecule has 1 atom stereocenters. The summed E-state index contributed by atoms with van der Waals surface area (Å²) in [6, 6.07) is -0.330. The normalized spacial score (nSPS) is 19.3. The number of aliphatic carboxylic acids is 1. The fraction of sp³-hybridized carbons (Fsp3) is 0.833. The molecule has 0 aromatic heterocycles. The van der Waals surface area contributed by atoms with Crippen LogP contribution in [0.2, 0.25) is 0 Å². The van der Waals surface area contributed by atoms with Gasteiger partial charge in [-0.25, -0.2) is 4.79 Å². The van der Waals surface area contributed by atoms with Crippen LogP contribution in [0.25, 0.3) is 0 Å². The summed E-state index contributed by atoms with van der Waals surface area (Å²) in [5, 5.41) is 17.9. The molecular formula is C12H22N2O4. The van der Waals surface area contributed by atoms with Crippen LogP contribution in [0.5, 0.6) is 0 Å². The number of aliphatic hydroxyl groups is 1. The van der Waals surface area contributed by atoms with Gasteiger partial charge in [0.2, 0.25) is 0 Å². The number of urea groups is 1. The van der Waals surface area contributed by atoms with Gasteiger partial charge < -0.3 is 20.0 Å². The van der Waals surface area contributed by atoms with Gasteiger partial charge in [-0.2, -0.15) is 0 Å². The van der Waals surface area contributed by atoms with Crippen molar-refractivity contribution in [2.75, 3.05) is 19.7 Å². The zero-order chi connectivity index (χ0) is 13.7. The monoisotopic (exact) mass is 258 g/mol. The van der Waals surface area contributed by atoms with Gasteiger partial charge in [-0.05, 0) is 26.7 Å². The SMILES string of the molecule is CC(C)N(CCC(=O)O)C(=O)N1CCCC1CO. The highest BCUT2D eigenvalue weighted by Gasteiger charge is 2.32. The molecule has 1 saturated heterocycles. The summed E-state index contributed by atoms with van der Waals surface area (Å²) in [5.41, 5.74) is 0. The van der Waals surface area contributed by atoms with E-state index in [1.165, 1.54) is 0 Å². The Bertz CT molecular complexity index is 306. The van der Waals surface area contributed by atoms with Crippen molar-refractivity contribution in [1.82, 2.24) is 9.80 Å². The average molecular weight is 258 g/mol. The second-order valence-corrected chi connectivity index (χ2v) is 4.89. The lowest BCUT2D eigenvalue weighted by atomic mass is 10.2. The summed E-state index contributed by atoms with van der Waals surface area (Å²) in [5.74, 6) is -0.909. The summed E-state index contributed by atoms with van der Waals surface area (Å²) in [4.78, 5) is 26.1. The highest BCUT2D eigenvalue weighted by molar-refractivity contribution is 5.76. The van der Waals surface area contributed by atoms with E-state index >= 15 is 0 Å². The zero-order valence-electron chi connectivity index (χ0n) is 11.0. The minimum atomic E-state index is -0.909. The fourth-order valence-corrected chi connectivity index (χ4v) is 2.23. The van der Waals surface area contributed by atoms with Crippen LogP contribution in [0.4, 0.5) is 4.79 Å². The van der Waals surface area contributed by atoms with E-state index in [2.05, 4.69) is 0 Å². The lowest BCUT2D eigenvalue weighted by Gasteiger charge is -2.33. The van der Waals surface area contributed by atoms with Crippen molar-refractivity contribution in [3.05, 3.63) is 0 Å². The minimum absolute atomic E-state index is 0.0311. The number of amides is 2. The van der Waals surface area contributed by atoms with E-state index in [9.17, 15) is 14.7 Å². The number of aliphatic hydroxyl groups excluding tert-OH is 1. The molecule has 0 aromatic rings. The number of carboxylic acid groups (broad SMARTS) is 1. The number of likely N-dealkylation sites (tertiary alicyclic amines) is 1. The van der Waals surface area contributed by atoms with E-state index < -0.39 is 5.97 Å². The Morgan fingerprint density at radius 2 is 2.11 bits per heavy atom. The summed E-state index contributed by atoms with van der Waals surface area (Å²) >= 11 is 0. The molecule has 1 heterocycles. The molecule has 104 valence electrons. The van der Waals surface area contributed by atoms with Crippen molar-refractivity contribution >= 4 is 12.0 Å². The first kappa shape index (κ1) is 14.8. The molecule has 1 aliphatic heterocycles. The quantitative estimate of drug-likeness (QED) is 0.762. The molecule has 0 aromatic carbocycles. The van der Waals surface area contributed by atoms with Crippen molar-refractivity contribution in [2.45, 2.75) is 45.2 Å². The molecule has 1 aliphatic rings. The molecule has 0 bridgehead atoms. The number of nitrogens with zero attached hydrogens (tertiary/aromatic N) is 2. The maximum absolute atomic E-state index is 12.3. The standard InChI is InChI=1S/C12H22N2O4/c1-9(2)13(7-5-11(16)17)12(18)14-6-3-4-10(14)8-15/h9-10,15H,3-8H2,1-2H3,(H,16,17). The minimum Gasteiger partial charge on any atom is -0.481 e. The van der Waals surface area contributed by atoms with E-state index in [1.54, 1.807) is 9.80 Å². The zero-order valence-corrected chi connectivity index (χ0v) is 11.0. The summed E-state index contributed by atoms with van der Waals surface area (Å²) in [6.07, 6.45) is 1.65. The number of hydrogen-bond donors (Lipinski definition) is 2. The van der Waals surface area contributed by atoms with E-state index in [0.717, 1.165) is 12.8 Å². The molecule has 6 heteroatoms. The van der Waals surface area contributed by atoms with Crippen LogP contribution in [0, 0.1) is 0 Å². The summed E-state index contributed by atoms with van der Waals surface area (Å²) < 4.78 is 0. The lowest BCUT2D eigenvalue weighted by Crippen LogP contribution is -2.49. The van der Waals surface area contributed by atoms with Crippen LogP contribution in [-0.2, 0) is 4.79 Å². The van der Waals surface area contributed by atoms with Gasteiger partial charge in [-0.15, -0.1) is 0 Å². The van der Waals surface area contributed by atoms with E-state index in [1.807, 2.05) is 13.8 Å². The first-order valence-corrected chi connectivity index (χ1v) is 6.37. The highest BCUT2D eigenvalue weighted by Crippen LogP contribution is 2.19. The molecule has 18 heavy (non-hydrogen) atoms.